The topological polar surface area (TPSA) is 36.1 Å². The average molecular weight is 1900 g/mol. The summed E-state index contributed by atoms with van der Waals surface area (Å²) in [6.07, 6.45) is 9.68. The van der Waals surface area contributed by atoms with Crippen LogP contribution in [0.4, 0.5) is 45.5 Å². The Labute approximate surface area is 844 Å². The van der Waals surface area contributed by atoms with Crippen LogP contribution < -0.4 is 19.9 Å². The zero-order valence-electron chi connectivity index (χ0n) is 79.1. The summed E-state index contributed by atoms with van der Waals surface area (Å²) in [5, 5.41) is 30.6. The zero-order valence-corrected chi connectivity index (χ0v) is 81.6. The Morgan fingerprint density at radius 2 is 0.683 bits per heavy atom. The largest absolute Gasteiger partial charge is 0.456 e. The van der Waals surface area contributed by atoms with Crippen molar-refractivity contribution in [2.75, 3.05) is 14.7 Å². The molecule has 0 N–H and O–H groups in total. The molecule has 21 aromatic carbocycles. The molecule has 10 heterocycles. The molecular weight excluding hydrogens is 1820 g/mol. The minimum atomic E-state index is -0.0840. The van der Waals surface area contributed by atoms with Crippen LogP contribution >= 0.6 is 34.0 Å². The van der Waals surface area contributed by atoms with E-state index in [2.05, 4.69) is 485 Å². The summed E-state index contributed by atoms with van der Waals surface area (Å²) in [5.74, 6) is 0. The molecular formula is C135H86N6OS3. The molecule has 0 saturated heterocycles. The van der Waals surface area contributed by atoms with E-state index in [1.54, 1.807) is 0 Å². The predicted molar refractivity (Wildman–Crippen MR) is 624 cm³/mol. The van der Waals surface area contributed by atoms with Gasteiger partial charge < -0.3 is 32.3 Å². The van der Waals surface area contributed by atoms with Gasteiger partial charge in [-0.15, -0.1) is 34.0 Å². The first-order valence-corrected chi connectivity index (χ1v) is 52.4. The number of fused-ring (bicyclic) bond motifs is 38. The van der Waals surface area contributed by atoms with E-state index in [-0.39, 0.29) is 11.5 Å². The Bertz CT molecular complexity index is 11000. The van der Waals surface area contributed by atoms with Crippen LogP contribution in [0.5, 0.6) is 0 Å². The lowest BCUT2D eigenvalue weighted by Crippen LogP contribution is -2.32. The molecule has 31 aromatic rings. The lowest BCUT2D eigenvalue weighted by Gasteiger charge is -2.34. The van der Waals surface area contributed by atoms with Gasteiger partial charge in [0.25, 0.3) is 0 Å². The molecule has 2 aliphatic carbocycles. The fourth-order valence-electron chi connectivity index (χ4n) is 25.2. The SMILES string of the molecule is C=CC=c1c2cc(N(c3ccc4c(c3)oc3ccccc34)C3C=Cc4sc5ccccc5c4C3)ccc2n2c1cc1ccccc12.CC1(C)c2ccccc2-c2ccc(N(c3ccc4sc5ccccc5c4c3)c3ccc4c(c3)c3cccc5c6ccccc6n4c53)cc21.c1ccc2c(c1)sc1ccc(N(c3ccc4c5ccccc5c5ccccc5c4c3)c3ccc4c(c3)c3cccc5c6ccccc6n4c53)cc12. The number of hydrogen-bond acceptors (Lipinski definition) is 7. The van der Waals surface area contributed by atoms with Gasteiger partial charge in [0.05, 0.1) is 55.7 Å². The Morgan fingerprint density at radius 1 is 0.283 bits per heavy atom. The Kier molecular flexibility index (Phi) is 17.8. The first-order valence-electron chi connectivity index (χ1n) is 49.9. The van der Waals surface area contributed by atoms with Crippen molar-refractivity contribution in [3.8, 4) is 11.1 Å². The second-order valence-corrected chi connectivity index (χ2v) is 42.9. The number of furan rings is 1. The van der Waals surface area contributed by atoms with Crippen molar-refractivity contribution in [2.24, 2.45) is 0 Å². The zero-order chi connectivity index (χ0) is 95.3. The third kappa shape index (κ3) is 12.2. The van der Waals surface area contributed by atoms with Gasteiger partial charge in [-0.3, -0.25) is 0 Å². The van der Waals surface area contributed by atoms with Crippen molar-refractivity contribution in [2.45, 2.75) is 31.7 Å². The monoisotopic (exact) mass is 1900 g/mol. The van der Waals surface area contributed by atoms with Crippen molar-refractivity contribution < 1.29 is 4.42 Å². The van der Waals surface area contributed by atoms with Crippen LogP contribution in [0.3, 0.4) is 0 Å². The molecule has 0 fully saturated rings. The first kappa shape index (κ1) is 82.1. The van der Waals surface area contributed by atoms with Crippen LogP contribution in [-0.2, 0) is 11.8 Å². The molecule has 0 saturated carbocycles. The number of thiophene rings is 3. The molecule has 0 amide bonds. The molecule has 680 valence electrons. The van der Waals surface area contributed by atoms with Crippen LogP contribution in [0, 0.1) is 0 Å². The average Bonchev–Trinajstić information content (AvgIpc) is 1.54. The van der Waals surface area contributed by atoms with E-state index in [9.17, 15) is 0 Å². The van der Waals surface area contributed by atoms with Gasteiger partial charge in [-0.1, -0.05) is 287 Å². The number of anilines is 8. The Morgan fingerprint density at radius 3 is 1.30 bits per heavy atom. The summed E-state index contributed by atoms with van der Waals surface area (Å²) in [5.41, 5.74) is 29.1. The van der Waals surface area contributed by atoms with Crippen LogP contribution in [0.1, 0.15) is 35.4 Å². The highest BCUT2D eigenvalue weighted by Crippen LogP contribution is 2.55. The molecule has 10 heteroatoms. The highest BCUT2D eigenvalue weighted by Gasteiger charge is 2.37. The smallest absolute Gasteiger partial charge is 0.137 e. The molecule has 10 aromatic heterocycles. The number of allylic oxidation sites excluding steroid dienone is 1. The molecule has 0 aliphatic heterocycles. The fraction of sp³-hybridized carbons (Fsp3) is 0.0370. The highest BCUT2D eigenvalue weighted by molar-refractivity contribution is 7.26. The van der Waals surface area contributed by atoms with E-state index in [0.717, 1.165) is 62.5 Å². The molecule has 2 aliphatic rings. The van der Waals surface area contributed by atoms with Crippen molar-refractivity contribution in [1.29, 1.82) is 0 Å². The minimum absolute atomic E-state index is 0.0840. The maximum absolute atomic E-state index is 6.40. The summed E-state index contributed by atoms with van der Waals surface area (Å²) < 4.78 is 20.3. The van der Waals surface area contributed by atoms with Crippen LogP contribution in [0.15, 0.2) is 454 Å². The summed E-state index contributed by atoms with van der Waals surface area (Å²) in [6, 6.07) is 159. The fourth-order valence-corrected chi connectivity index (χ4v) is 28.5. The molecule has 0 bridgehead atoms. The van der Waals surface area contributed by atoms with Gasteiger partial charge in [0.1, 0.15) is 11.2 Å². The number of para-hydroxylation sites is 6. The van der Waals surface area contributed by atoms with Gasteiger partial charge in [0, 0.05) is 177 Å². The van der Waals surface area contributed by atoms with Crippen LogP contribution in [0.2, 0.25) is 0 Å². The summed E-state index contributed by atoms with van der Waals surface area (Å²) in [7, 11) is 0. The Hall–Kier alpha value is -17.6. The number of rotatable bonds is 10. The standard InChI is InChI=1S/C48H28N2S.C45H30N2S.C42H28N2OS/c1-2-12-34-32(10-1)33-11-3-4-13-35(33)41-26-29(20-23-36(34)41)49(31-22-25-47-43(28-31)38-15-6-8-19-46(38)51-47)30-21-24-45-42(27-30)40-17-9-16-39-37-14-5-7-18-44(37)50(45)48(39)40;1-45(2)38-15-6-3-10-30(38)31-21-18-29(26-39(31)45)46(28-20-23-43-37(25-28)33-12-5-8-17-42(33)48-43)27-19-22-41-36(24-27)35-14-9-13-34-32-11-4-7-16-40(32)47(41)44(34)35;1-2-9-30-34-23-27(17-20-37(34)44-36-13-6-3-10-26(36)22-38(30)44)43(28-18-21-42-35(24-28)33-12-5-8-15-41(33)46-42)29-16-19-32-31-11-4-7-14-39(31)45-40(32)25-29/h1-28H;3-26H,1-2H3;2-23,25,28H,1,24H2. The quantitative estimate of drug-likeness (QED) is 0.128. The third-order valence-corrected chi connectivity index (χ3v) is 35.1. The van der Waals surface area contributed by atoms with Gasteiger partial charge in [-0.25, -0.2) is 0 Å². The van der Waals surface area contributed by atoms with Crippen LogP contribution in [-0.4, -0.2) is 19.2 Å². The lowest BCUT2D eigenvalue weighted by atomic mass is 9.82. The van der Waals surface area contributed by atoms with E-state index >= 15 is 0 Å². The van der Waals surface area contributed by atoms with E-state index in [1.807, 2.05) is 52.2 Å². The maximum atomic E-state index is 6.40. The minimum Gasteiger partial charge on any atom is -0.456 e. The lowest BCUT2D eigenvalue weighted by molar-refractivity contribution is 0.660. The molecule has 33 rings (SSSR count). The normalized spacial score (nSPS) is 13.7. The maximum Gasteiger partial charge on any atom is 0.137 e. The van der Waals surface area contributed by atoms with E-state index in [0.29, 0.717) is 0 Å². The highest BCUT2D eigenvalue weighted by atomic mass is 32.1. The Balaban J connectivity index is 0.0000000992. The van der Waals surface area contributed by atoms with E-state index in [1.165, 1.54) is 236 Å². The molecule has 7 nitrogen and oxygen atoms in total. The first-order chi connectivity index (χ1) is 71.6. The van der Waals surface area contributed by atoms with Crippen molar-refractivity contribution in [3.05, 3.63) is 476 Å². The van der Waals surface area contributed by atoms with Crippen molar-refractivity contribution in [3.63, 3.8) is 0 Å². The summed E-state index contributed by atoms with van der Waals surface area (Å²) in [6.45, 7) is 8.81. The van der Waals surface area contributed by atoms with Gasteiger partial charge >= 0.3 is 0 Å². The molecule has 0 radical (unpaired) electrons. The van der Waals surface area contributed by atoms with E-state index in [4.69, 9.17) is 4.42 Å². The molecule has 1 atom stereocenters. The number of nitrogens with zero attached hydrogens (tertiary/aromatic N) is 6. The second kappa shape index (κ2) is 31.4. The third-order valence-electron chi connectivity index (χ3n) is 31.6. The van der Waals surface area contributed by atoms with Gasteiger partial charge in [0.2, 0.25) is 0 Å². The second-order valence-electron chi connectivity index (χ2n) is 39.6. The predicted octanol–water partition coefficient (Wildman–Crippen LogP) is 37.9. The van der Waals surface area contributed by atoms with Crippen molar-refractivity contribution >= 4 is 300 Å². The van der Waals surface area contributed by atoms with Crippen LogP contribution in [0.25, 0.3) is 231 Å². The number of benzene rings is 21. The molecule has 1 unspecified atom stereocenters. The van der Waals surface area contributed by atoms with Gasteiger partial charge in [0.15, 0.2) is 0 Å². The summed E-state index contributed by atoms with van der Waals surface area (Å²) >= 11 is 5.62. The molecule has 145 heavy (non-hydrogen) atoms. The summed E-state index contributed by atoms with van der Waals surface area (Å²) in [4.78, 5) is 8.79. The van der Waals surface area contributed by atoms with Crippen molar-refractivity contribution in [1.82, 2.24) is 13.2 Å². The number of aromatic nitrogens is 3. The van der Waals surface area contributed by atoms with Gasteiger partial charge in [-0.05, 0) is 254 Å². The van der Waals surface area contributed by atoms with Gasteiger partial charge in [-0.2, -0.15) is 0 Å². The number of hydrogen-bond donors (Lipinski definition) is 0. The molecule has 0 spiro atoms. The van der Waals surface area contributed by atoms with E-state index < -0.39 is 0 Å².